The molecule has 2 aromatic carbocycles. The minimum absolute atomic E-state index is 0.0574. The van der Waals surface area contributed by atoms with Crippen molar-refractivity contribution < 1.29 is 9.18 Å². The maximum Gasteiger partial charge on any atom is 0.196 e. The van der Waals surface area contributed by atoms with Crippen LogP contribution in [0, 0.1) is 17.1 Å². The van der Waals surface area contributed by atoms with Crippen LogP contribution in [0.2, 0.25) is 5.02 Å². The molecule has 0 aliphatic heterocycles. The molecule has 0 aliphatic rings. The van der Waals surface area contributed by atoms with E-state index >= 15 is 0 Å². The maximum atomic E-state index is 13.9. The Labute approximate surface area is 136 Å². The van der Waals surface area contributed by atoms with E-state index in [4.69, 9.17) is 16.9 Å². The highest BCUT2D eigenvalue weighted by Gasteiger charge is 2.20. The Bertz CT molecular complexity index is 943. The molecule has 0 radical (unpaired) electrons. The van der Waals surface area contributed by atoms with Gasteiger partial charge in [-0.05, 0) is 29.8 Å². The molecule has 0 saturated carbocycles. The monoisotopic (exact) mass is 325 g/mol. The number of aromatic amines is 1. The lowest BCUT2D eigenvalue weighted by molar-refractivity contribution is 0.103. The lowest BCUT2D eigenvalue weighted by Gasteiger charge is -2.09. The van der Waals surface area contributed by atoms with E-state index in [-0.39, 0.29) is 16.8 Å². The number of hydrogen-bond donors (Lipinski definition) is 1. The summed E-state index contributed by atoms with van der Waals surface area (Å²) in [5.74, 6) is -1.12. The van der Waals surface area contributed by atoms with Gasteiger partial charge in [-0.1, -0.05) is 29.8 Å². The fourth-order valence-corrected chi connectivity index (χ4v) is 2.48. The van der Waals surface area contributed by atoms with Gasteiger partial charge in [0, 0.05) is 16.1 Å². The smallest absolute Gasteiger partial charge is 0.196 e. The van der Waals surface area contributed by atoms with Gasteiger partial charge in [0.25, 0.3) is 0 Å². The number of halogens is 2. The van der Waals surface area contributed by atoms with Crippen LogP contribution in [0.4, 0.5) is 4.39 Å². The molecule has 0 saturated heterocycles. The molecular formula is C17H9ClFN3O. The van der Waals surface area contributed by atoms with Crippen LogP contribution in [0.5, 0.6) is 0 Å². The molecule has 6 heteroatoms. The number of nitrogens with one attached hydrogen (secondary N) is 1. The first-order valence-electron chi connectivity index (χ1n) is 6.64. The second-order valence-corrected chi connectivity index (χ2v) is 5.21. The van der Waals surface area contributed by atoms with Gasteiger partial charge in [0.05, 0.1) is 11.8 Å². The number of benzene rings is 2. The molecule has 3 aromatic rings. The van der Waals surface area contributed by atoms with Crippen molar-refractivity contribution in [3.05, 3.63) is 76.3 Å². The largest absolute Gasteiger partial charge is 0.288 e. The highest BCUT2D eigenvalue weighted by molar-refractivity contribution is 6.31. The molecule has 0 atom stereocenters. The van der Waals surface area contributed by atoms with Crippen LogP contribution in [0.15, 0.2) is 48.7 Å². The predicted molar refractivity (Wildman–Crippen MR) is 83.6 cm³/mol. The molecule has 3 rings (SSSR count). The van der Waals surface area contributed by atoms with Gasteiger partial charge in [0.2, 0.25) is 0 Å². The third kappa shape index (κ3) is 2.72. The van der Waals surface area contributed by atoms with Gasteiger partial charge < -0.3 is 0 Å². The molecule has 1 heterocycles. The zero-order chi connectivity index (χ0) is 16.4. The zero-order valence-corrected chi connectivity index (χ0v) is 12.4. The predicted octanol–water partition coefficient (Wildman–Crippen LogP) is 3.97. The first-order valence-corrected chi connectivity index (χ1v) is 7.02. The summed E-state index contributed by atoms with van der Waals surface area (Å²) in [6.07, 6.45) is 1.44. The Kier molecular flexibility index (Phi) is 3.92. The summed E-state index contributed by atoms with van der Waals surface area (Å²) >= 11 is 5.99. The molecule has 0 amide bonds. The summed E-state index contributed by atoms with van der Waals surface area (Å²) in [6.45, 7) is 0. The minimum Gasteiger partial charge on any atom is -0.288 e. The average molecular weight is 326 g/mol. The normalized spacial score (nSPS) is 10.3. The second-order valence-electron chi connectivity index (χ2n) is 4.77. The van der Waals surface area contributed by atoms with Crippen LogP contribution in [0.1, 0.15) is 21.6 Å². The quantitative estimate of drug-likeness (QED) is 0.741. The number of aromatic nitrogens is 2. The topological polar surface area (TPSA) is 69.5 Å². The average Bonchev–Trinajstić information content (AvgIpc) is 3.03. The van der Waals surface area contributed by atoms with Gasteiger partial charge in [0.1, 0.15) is 17.6 Å². The molecule has 0 fully saturated rings. The Morgan fingerprint density at radius 3 is 2.70 bits per heavy atom. The van der Waals surface area contributed by atoms with E-state index in [1.165, 1.54) is 30.5 Å². The standard InChI is InChI=1S/C17H9ClFN3O/c18-10-5-6-11(14-9-21-22-16(14)8-20)13(7-10)17(23)12-3-1-2-4-15(12)19/h1-7,9H,(H,21,22). The molecule has 0 bridgehead atoms. The SMILES string of the molecule is N#Cc1[nH]ncc1-c1ccc(Cl)cc1C(=O)c1ccccc1F. The Morgan fingerprint density at radius 2 is 1.96 bits per heavy atom. The van der Waals surface area contributed by atoms with E-state index in [1.807, 2.05) is 6.07 Å². The van der Waals surface area contributed by atoms with E-state index in [2.05, 4.69) is 10.2 Å². The molecule has 0 spiro atoms. The van der Waals surface area contributed by atoms with Gasteiger partial charge >= 0.3 is 0 Å². The van der Waals surface area contributed by atoms with Crippen LogP contribution < -0.4 is 0 Å². The van der Waals surface area contributed by atoms with Crippen LogP contribution in [0.3, 0.4) is 0 Å². The summed E-state index contributed by atoms with van der Waals surface area (Å²) in [5, 5.41) is 15.8. The number of ketones is 1. The third-order valence-electron chi connectivity index (χ3n) is 3.39. The van der Waals surface area contributed by atoms with Crippen molar-refractivity contribution in [3.8, 4) is 17.2 Å². The van der Waals surface area contributed by atoms with Crippen molar-refractivity contribution in [1.29, 1.82) is 5.26 Å². The number of carbonyl (C=O) groups is 1. The lowest BCUT2D eigenvalue weighted by atomic mass is 9.94. The number of nitrogens with zero attached hydrogens (tertiary/aromatic N) is 2. The summed E-state index contributed by atoms with van der Waals surface area (Å²) in [6, 6.07) is 12.4. The van der Waals surface area contributed by atoms with Gasteiger partial charge in [-0.25, -0.2) is 4.39 Å². The highest BCUT2D eigenvalue weighted by Crippen LogP contribution is 2.30. The molecule has 23 heavy (non-hydrogen) atoms. The van der Waals surface area contributed by atoms with Gasteiger partial charge in [-0.15, -0.1) is 0 Å². The van der Waals surface area contributed by atoms with Crippen molar-refractivity contribution in [2.45, 2.75) is 0 Å². The zero-order valence-electron chi connectivity index (χ0n) is 11.7. The summed E-state index contributed by atoms with van der Waals surface area (Å²) in [5.41, 5.74) is 1.30. The second kappa shape index (κ2) is 6.03. The molecule has 1 aromatic heterocycles. The summed E-state index contributed by atoms with van der Waals surface area (Å²) in [4.78, 5) is 12.7. The summed E-state index contributed by atoms with van der Waals surface area (Å²) < 4.78 is 13.9. The first kappa shape index (κ1) is 14.9. The molecule has 1 N–H and O–H groups in total. The van der Waals surface area contributed by atoms with Gasteiger partial charge in [-0.2, -0.15) is 10.4 Å². The van der Waals surface area contributed by atoms with Crippen molar-refractivity contribution in [3.63, 3.8) is 0 Å². The minimum atomic E-state index is -0.615. The Hall–Kier alpha value is -2.97. The molecular weight excluding hydrogens is 317 g/mol. The van der Waals surface area contributed by atoms with E-state index in [1.54, 1.807) is 18.2 Å². The van der Waals surface area contributed by atoms with E-state index in [9.17, 15) is 9.18 Å². The van der Waals surface area contributed by atoms with Crippen LogP contribution in [-0.2, 0) is 0 Å². The van der Waals surface area contributed by atoms with Crippen LogP contribution >= 0.6 is 11.6 Å². The molecule has 0 unspecified atom stereocenters. The van der Waals surface area contributed by atoms with E-state index in [0.29, 0.717) is 16.1 Å². The number of hydrogen-bond acceptors (Lipinski definition) is 3. The fourth-order valence-electron chi connectivity index (χ4n) is 2.31. The highest BCUT2D eigenvalue weighted by atomic mass is 35.5. The van der Waals surface area contributed by atoms with Crippen LogP contribution in [-0.4, -0.2) is 16.0 Å². The third-order valence-corrected chi connectivity index (χ3v) is 3.62. The van der Waals surface area contributed by atoms with E-state index < -0.39 is 11.6 Å². The Balaban J connectivity index is 2.20. The number of H-pyrrole nitrogens is 1. The number of nitriles is 1. The molecule has 0 aliphatic carbocycles. The molecule has 112 valence electrons. The maximum absolute atomic E-state index is 13.9. The van der Waals surface area contributed by atoms with Gasteiger partial charge in [-0.3, -0.25) is 9.89 Å². The fraction of sp³-hybridized carbons (Fsp3) is 0. The van der Waals surface area contributed by atoms with Crippen molar-refractivity contribution >= 4 is 17.4 Å². The number of carbonyl (C=O) groups excluding carboxylic acids is 1. The van der Waals surface area contributed by atoms with Crippen molar-refractivity contribution in [2.75, 3.05) is 0 Å². The van der Waals surface area contributed by atoms with Gasteiger partial charge in [0.15, 0.2) is 5.78 Å². The van der Waals surface area contributed by atoms with E-state index in [0.717, 1.165) is 0 Å². The number of rotatable bonds is 3. The lowest BCUT2D eigenvalue weighted by Crippen LogP contribution is -2.06. The molecule has 4 nitrogen and oxygen atoms in total. The first-order chi connectivity index (χ1) is 11.1. The van der Waals surface area contributed by atoms with Crippen molar-refractivity contribution in [2.24, 2.45) is 0 Å². The Morgan fingerprint density at radius 1 is 1.17 bits per heavy atom. The summed E-state index contributed by atoms with van der Waals surface area (Å²) in [7, 11) is 0. The van der Waals surface area contributed by atoms with Crippen LogP contribution in [0.25, 0.3) is 11.1 Å². The van der Waals surface area contributed by atoms with Crippen molar-refractivity contribution in [1.82, 2.24) is 10.2 Å².